The highest BCUT2D eigenvalue weighted by Crippen LogP contribution is 2.27. The minimum Gasteiger partial charge on any atom is -0.356 e. The summed E-state index contributed by atoms with van der Waals surface area (Å²) in [5.41, 5.74) is 1.07. The van der Waals surface area contributed by atoms with Crippen LogP contribution in [0.15, 0.2) is 24.3 Å². The van der Waals surface area contributed by atoms with Crippen LogP contribution in [0, 0.1) is 11.2 Å². The molecule has 21 heavy (non-hydrogen) atoms. The van der Waals surface area contributed by atoms with Crippen LogP contribution in [0.1, 0.15) is 44.6 Å². The Labute approximate surface area is 126 Å². The average Bonchev–Trinajstić information content (AvgIpc) is 2.46. The molecule has 0 aliphatic carbocycles. The second-order valence-electron chi connectivity index (χ2n) is 6.50. The molecule has 2 rings (SSSR count). The summed E-state index contributed by atoms with van der Waals surface area (Å²) >= 11 is 0. The van der Waals surface area contributed by atoms with E-state index in [0.717, 1.165) is 38.0 Å². The van der Waals surface area contributed by atoms with Gasteiger partial charge in [0, 0.05) is 13.0 Å². The van der Waals surface area contributed by atoms with Gasteiger partial charge in [0.1, 0.15) is 5.82 Å². The second-order valence-corrected chi connectivity index (χ2v) is 6.50. The summed E-state index contributed by atoms with van der Waals surface area (Å²) in [4.78, 5) is 12.1. The predicted octanol–water partition coefficient (Wildman–Crippen LogP) is 2.83. The van der Waals surface area contributed by atoms with Crippen molar-refractivity contribution in [1.29, 1.82) is 0 Å². The number of benzene rings is 1. The van der Waals surface area contributed by atoms with Gasteiger partial charge in [-0.05, 0) is 55.0 Å². The standard InChI is InChI=1S/C17H25FN2O/c1-13(14-4-3-5-15(18)11-14)10-16(21)20-12-17(2)6-8-19-9-7-17/h3-5,11,13,19H,6-10,12H2,1-2H3,(H,20,21). The maximum atomic E-state index is 13.2. The van der Waals surface area contributed by atoms with Gasteiger partial charge in [0.2, 0.25) is 5.91 Å². The number of carbonyl (C=O) groups is 1. The largest absolute Gasteiger partial charge is 0.356 e. The monoisotopic (exact) mass is 292 g/mol. The van der Waals surface area contributed by atoms with Crippen LogP contribution in [0.5, 0.6) is 0 Å². The molecular weight excluding hydrogens is 267 g/mol. The summed E-state index contributed by atoms with van der Waals surface area (Å²) in [5.74, 6) is -0.171. The van der Waals surface area contributed by atoms with Crippen LogP contribution < -0.4 is 10.6 Å². The molecule has 1 heterocycles. The van der Waals surface area contributed by atoms with Gasteiger partial charge in [0.15, 0.2) is 0 Å². The first kappa shape index (κ1) is 16.0. The minimum absolute atomic E-state index is 0.0292. The Bertz CT molecular complexity index is 483. The number of halogens is 1. The van der Waals surface area contributed by atoms with Crippen molar-refractivity contribution in [3.8, 4) is 0 Å². The molecule has 1 atom stereocenters. The van der Waals surface area contributed by atoms with Crippen molar-refractivity contribution in [3.05, 3.63) is 35.6 Å². The molecule has 0 bridgehead atoms. The van der Waals surface area contributed by atoms with Gasteiger partial charge in [-0.25, -0.2) is 4.39 Å². The average molecular weight is 292 g/mol. The van der Waals surface area contributed by atoms with Crippen molar-refractivity contribution in [2.45, 2.75) is 39.0 Å². The van der Waals surface area contributed by atoms with Crippen LogP contribution in [0.3, 0.4) is 0 Å². The van der Waals surface area contributed by atoms with E-state index in [1.807, 2.05) is 13.0 Å². The Kier molecular flexibility index (Phi) is 5.34. The molecule has 3 nitrogen and oxygen atoms in total. The minimum atomic E-state index is -0.248. The van der Waals surface area contributed by atoms with E-state index in [4.69, 9.17) is 0 Å². The zero-order chi connectivity index (χ0) is 15.3. The number of amides is 1. The van der Waals surface area contributed by atoms with Crippen molar-refractivity contribution in [1.82, 2.24) is 10.6 Å². The first-order valence-corrected chi connectivity index (χ1v) is 7.71. The molecule has 1 aromatic rings. The Morgan fingerprint density at radius 3 is 2.81 bits per heavy atom. The maximum Gasteiger partial charge on any atom is 0.220 e. The van der Waals surface area contributed by atoms with Gasteiger partial charge in [-0.3, -0.25) is 4.79 Å². The lowest BCUT2D eigenvalue weighted by Gasteiger charge is -2.34. The van der Waals surface area contributed by atoms with Crippen molar-refractivity contribution < 1.29 is 9.18 Å². The molecule has 0 saturated carbocycles. The highest BCUT2D eigenvalue weighted by Gasteiger charge is 2.27. The summed E-state index contributed by atoms with van der Waals surface area (Å²) in [6.07, 6.45) is 2.58. The van der Waals surface area contributed by atoms with Crippen molar-refractivity contribution in [2.24, 2.45) is 5.41 Å². The molecule has 1 fully saturated rings. The van der Waals surface area contributed by atoms with Gasteiger partial charge in [0.05, 0.1) is 0 Å². The fourth-order valence-corrected chi connectivity index (χ4v) is 2.80. The van der Waals surface area contributed by atoms with Crippen LogP contribution in [0.4, 0.5) is 4.39 Å². The van der Waals surface area contributed by atoms with Crippen LogP contribution >= 0.6 is 0 Å². The predicted molar refractivity (Wildman–Crippen MR) is 82.7 cm³/mol. The normalized spacial score (nSPS) is 19.0. The molecule has 1 amide bonds. The van der Waals surface area contributed by atoms with Gasteiger partial charge >= 0.3 is 0 Å². The van der Waals surface area contributed by atoms with Gasteiger partial charge in [0.25, 0.3) is 0 Å². The first-order chi connectivity index (χ1) is 9.98. The van der Waals surface area contributed by atoms with E-state index in [1.165, 1.54) is 12.1 Å². The van der Waals surface area contributed by atoms with E-state index in [0.29, 0.717) is 6.42 Å². The fraction of sp³-hybridized carbons (Fsp3) is 0.588. The molecule has 0 spiro atoms. The van der Waals surface area contributed by atoms with Gasteiger partial charge in [-0.15, -0.1) is 0 Å². The van der Waals surface area contributed by atoms with Gasteiger partial charge in [-0.2, -0.15) is 0 Å². The molecule has 0 radical (unpaired) electrons. The molecule has 1 saturated heterocycles. The van der Waals surface area contributed by atoms with Crippen LogP contribution in [-0.2, 0) is 4.79 Å². The molecular formula is C17H25FN2O. The van der Waals surface area contributed by atoms with E-state index in [9.17, 15) is 9.18 Å². The van der Waals surface area contributed by atoms with E-state index in [1.54, 1.807) is 6.07 Å². The second kappa shape index (κ2) is 7.03. The zero-order valence-corrected chi connectivity index (χ0v) is 12.9. The third-order valence-corrected chi connectivity index (χ3v) is 4.43. The fourth-order valence-electron chi connectivity index (χ4n) is 2.80. The van der Waals surface area contributed by atoms with Gasteiger partial charge < -0.3 is 10.6 Å². The van der Waals surface area contributed by atoms with Crippen LogP contribution in [0.25, 0.3) is 0 Å². The Morgan fingerprint density at radius 2 is 2.14 bits per heavy atom. The molecule has 4 heteroatoms. The van der Waals surface area contributed by atoms with Crippen molar-refractivity contribution >= 4 is 5.91 Å². The molecule has 1 unspecified atom stereocenters. The van der Waals surface area contributed by atoms with E-state index < -0.39 is 0 Å². The number of carbonyl (C=O) groups excluding carboxylic acids is 1. The van der Waals surface area contributed by atoms with Gasteiger partial charge in [-0.1, -0.05) is 26.0 Å². The molecule has 1 aliphatic heterocycles. The molecule has 1 aromatic carbocycles. The lowest BCUT2D eigenvalue weighted by molar-refractivity contribution is -0.122. The summed E-state index contributed by atoms with van der Waals surface area (Å²) in [7, 11) is 0. The van der Waals surface area contributed by atoms with Crippen LogP contribution in [0.2, 0.25) is 0 Å². The Morgan fingerprint density at radius 1 is 1.43 bits per heavy atom. The van der Waals surface area contributed by atoms with E-state index in [2.05, 4.69) is 17.6 Å². The van der Waals surface area contributed by atoms with Crippen LogP contribution in [-0.4, -0.2) is 25.5 Å². The zero-order valence-electron chi connectivity index (χ0n) is 12.9. The highest BCUT2D eigenvalue weighted by molar-refractivity contribution is 5.76. The number of rotatable bonds is 5. The summed E-state index contributed by atoms with van der Waals surface area (Å²) < 4.78 is 13.2. The molecule has 2 N–H and O–H groups in total. The van der Waals surface area contributed by atoms with E-state index in [-0.39, 0.29) is 23.1 Å². The van der Waals surface area contributed by atoms with E-state index >= 15 is 0 Å². The first-order valence-electron chi connectivity index (χ1n) is 7.71. The summed E-state index contributed by atoms with van der Waals surface area (Å²) in [5, 5.41) is 6.39. The topological polar surface area (TPSA) is 41.1 Å². The maximum absolute atomic E-state index is 13.2. The third kappa shape index (κ3) is 4.81. The van der Waals surface area contributed by atoms with Crippen molar-refractivity contribution in [2.75, 3.05) is 19.6 Å². The summed E-state index contributed by atoms with van der Waals surface area (Å²) in [6, 6.07) is 6.49. The van der Waals surface area contributed by atoms with Crippen molar-refractivity contribution in [3.63, 3.8) is 0 Å². The number of hydrogen-bond donors (Lipinski definition) is 2. The Balaban J connectivity index is 1.81. The molecule has 0 aromatic heterocycles. The lowest BCUT2D eigenvalue weighted by Crippen LogP contribution is -2.43. The quantitative estimate of drug-likeness (QED) is 0.876. The number of nitrogens with one attached hydrogen (secondary N) is 2. The molecule has 116 valence electrons. The third-order valence-electron chi connectivity index (χ3n) is 4.43. The summed E-state index contributed by atoms with van der Waals surface area (Å²) in [6.45, 7) is 6.95. The Hall–Kier alpha value is -1.42. The molecule has 1 aliphatic rings. The SMILES string of the molecule is CC(CC(=O)NCC1(C)CCNCC1)c1cccc(F)c1. The lowest BCUT2D eigenvalue weighted by atomic mass is 9.81. The highest BCUT2D eigenvalue weighted by atomic mass is 19.1. The number of hydrogen-bond acceptors (Lipinski definition) is 2. The smallest absolute Gasteiger partial charge is 0.220 e. The number of piperidine rings is 1.